The SMILES string of the molecule is C=C(O)C1CCN(C(=O)C[C@@H]2CCCN2C(C)C)C1. The number of rotatable bonds is 4. The quantitative estimate of drug-likeness (QED) is 0.793. The van der Waals surface area contributed by atoms with E-state index in [0.29, 0.717) is 25.0 Å². The first-order chi connectivity index (χ1) is 8.99. The van der Waals surface area contributed by atoms with Crippen molar-refractivity contribution in [2.75, 3.05) is 19.6 Å². The summed E-state index contributed by atoms with van der Waals surface area (Å²) in [5.41, 5.74) is 0. The highest BCUT2D eigenvalue weighted by molar-refractivity contribution is 5.77. The minimum atomic E-state index is 0.0775. The maximum atomic E-state index is 12.3. The van der Waals surface area contributed by atoms with E-state index >= 15 is 0 Å². The molecule has 0 spiro atoms. The van der Waals surface area contributed by atoms with Gasteiger partial charge in [-0.2, -0.15) is 0 Å². The number of amides is 1. The first-order valence-electron chi connectivity index (χ1n) is 7.40. The lowest BCUT2D eigenvalue weighted by Gasteiger charge is -2.29. The van der Waals surface area contributed by atoms with Crippen molar-refractivity contribution in [3.05, 3.63) is 12.3 Å². The Balaban J connectivity index is 1.86. The van der Waals surface area contributed by atoms with E-state index in [9.17, 15) is 9.90 Å². The molecule has 0 saturated carbocycles. The van der Waals surface area contributed by atoms with Crippen LogP contribution in [0.3, 0.4) is 0 Å². The van der Waals surface area contributed by atoms with Crippen LogP contribution in [0.4, 0.5) is 0 Å². The van der Waals surface area contributed by atoms with Crippen molar-refractivity contribution in [3.63, 3.8) is 0 Å². The zero-order chi connectivity index (χ0) is 14.0. The Kier molecular flexibility index (Phi) is 4.50. The van der Waals surface area contributed by atoms with Gasteiger partial charge < -0.3 is 10.0 Å². The number of carbonyl (C=O) groups excluding carboxylic acids is 1. The van der Waals surface area contributed by atoms with E-state index in [2.05, 4.69) is 25.3 Å². The number of hydrogen-bond acceptors (Lipinski definition) is 3. The van der Waals surface area contributed by atoms with E-state index in [1.807, 2.05) is 4.90 Å². The molecule has 4 heteroatoms. The number of aliphatic hydroxyl groups excluding tert-OH is 1. The van der Waals surface area contributed by atoms with Gasteiger partial charge in [0.2, 0.25) is 5.91 Å². The van der Waals surface area contributed by atoms with Crippen molar-refractivity contribution < 1.29 is 9.90 Å². The third kappa shape index (κ3) is 3.30. The highest BCUT2D eigenvalue weighted by Gasteiger charge is 2.33. The number of hydrogen-bond donors (Lipinski definition) is 1. The third-order valence-electron chi connectivity index (χ3n) is 4.51. The minimum absolute atomic E-state index is 0.0775. The summed E-state index contributed by atoms with van der Waals surface area (Å²) in [6.45, 7) is 10.5. The molecule has 1 amide bonds. The summed E-state index contributed by atoms with van der Waals surface area (Å²) in [5.74, 6) is 0.537. The molecule has 2 heterocycles. The summed E-state index contributed by atoms with van der Waals surface area (Å²) in [6.07, 6.45) is 3.81. The molecular formula is C15H26N2O2. The number of carbonyl (C=O) groups is 1. The van der Waals surface area contributed by atoms with Crippen LogP contribution in [0.2, 0.25) is 0 Å². The largest absolute Gasteiger partial charge is 0.513 e. The molecule has 2 aliphatic heterocycles. The van der Waals surface area contributed by atoms with Gasteiger partial charge in [-0.1, -0.05) is 6.58 Å². The fourth-order valence-corrected chi connectivity index (χ4v) is 3.35. The van der Waals surface area contributed by atoms with Crippen molar-refractivity contribution in [3.8, 4) is 0 Å². The Morgan fingerprint density at radius 1 is 1.37 bits per heavy atom. The third-order valence-corrected chi connectivity index (χ3v) is 4.51. The van der Waals surface area contributed by atoms with Gasteiger partial charge in [0.1, 0.15) is 0 Å². The lowest BCUT2D eigenvalue weighted by atomic mass is 10.1. The normalized spacial score (nSPS) is 28.3. The van der Waals surface area contributed by atoms with Gasteiger partial charge in [-0.3, -0.25) is 9.69 Å². The fraction of sp³-hybridized carbons (Fsp3) is 0.800. The molecule has 2 saturated heterocycles. The Morgan fingerprint density at radius 3 is 2.68 bits per heavy atom. The van der Waals surface area contributed by atoms with E-state index in [1.165, 1.54) is 6.42 Å². The van der Waals surface area contributed by atoms with Crippen LogP contribution in [0.25, 0.3) is 0 Å². The van der Waals surface area contributed by atoms with Crippen LogP contribution >= 0.6 is 0 Å². The highest BCUT2D eigenvalue weighted by Crippen LogP contribution is 2.26. The van der Waals surface area contributed by atoms with Crippen molar-refractivity contribution in [1.82, 2.24) is 9.80 Å². The van der Waals surface area contributed by atoms with Crippen LogP contribution in [0.15, 0.2) is 12.3 Å². The predicted molar refractivity (Wildman–Crippen MR) is 75.9 cm³/mol. The fourth-order valence-electron chi connectivity index (χ4n) is 3.35. The molecule has 19 heavy (non-hydrogen) atoms. The van der Waals surface area contributed by atoms with Gasteiger partial charge in [0.05, 0.1) is 5.76 Å². The lowest BCUT2D eigenvalue weighted by Crippen LogP contribution is -2.40. The van der Waals surface area contributed by atoms with Crippen LogP contribution in [-0.4, -0.2) is 52.5 Å². The zero-order valence-corrected chi connectivity index (χ0v) is 12.1. The second-order valence-corrected chi connectivity index (χ2v) is 6.15. The topological polar surface area (TPSA) is 43.8 Å². The Bertz CT molecular complexity index is 354. The van der Waals surface area contributed by atoms with E-state index in [0.717, 1.165) is 25.9 Å². The van der Waals surface area contributed by atoms with Crippen molar-refractivity contribution in [2.45, 2.75) is 51.6 Å². The molecular weight excluding hydrogens is 240 g/mol. The lowest BCUT2D eigenvalue weighted by molar-refractivity contribution is -0.131. The second-order valence-electron chi connectivity index (χ2n) is 6.15. The summed E-state index contributed by atoms with van der Waals surface area (Å²) in [6, 6.07) is 0.924. The molecule has 108 valence electrons. The van der Waals surface area contributed by atoms with Crippen LogP contribution in [0.1, 0.15) is 39.5 Å². The van der Waals surface area contributed by atoms with Crippen LogP contribution in [-0.2, 0) is 4.79 Å². The molecule has 1 unspecified atom stereocenters. The summed E-state index contributed by atoms with van der Waals surface area (Å²) in [4.78, 5) is 16.7. The maximum absolute atomic E-state index is 12.3. The van der Waals surface area contributed by atoms with Crippen LogP contribution < -0.4 is 0 Å². The van der Waals surface area contributed by atoms with Gasteiger partial charge in [-0.05, 0) is 39.7 Å². The first-order valence-corrected chi connectivity index (χ1v) is 7.40. The smallest absolute Gasteiger partial charge is 0.224 e. The Morgan fingerprint density at radius 2 is 2.11 bits per heavy atom. The van der Waals surface area contributed by atoms with Crippen LogP contribution in [0.5, 0.6) is 0 Å². The molecule has 0 bridgehead atoms. The molecule has 2 fully saturated rings. The average molecular weight is 266 g/mol. The molecule has 0 aromatic heterocycles. The van der Waals surface area contributed by atoms with Gasteiger partial charge in [0, 0.05) is 37.5 Å². The molecule has 2 rings (SSSR count). The van der Waals surface area contributed by atoms with Gasteiger partial charge >= 0.3 is 0 Å². The standard InChI is InChI=1S/C15H26N2O2/c1-11(2)17-7-4-5-14(17)9-15(19)16-8-6-13(10-16)12(3)18/h11,13-14,18H,3-10H2,1-2H3/t13?,14-/m0/s1. The number of nitrogens with zero attached hydrogens (tertiary/aromatic N) is 2. The molecule has 4 nitrogen and oxygen atoms in total. The molecule has 2 aliphatic rings. The van der Waals surface area contributed by atoms with Gasteiger partial charge in [-0.15, -0.1) is 0 Å². The average Bonchev–Trinajstić information content (AvgIpc) is 2.96. The summed E-state index contributed by atoms with van der Waals surface area (Å²) >= 11 is 0. The Labute approximate surface area is 116 Å². The molecule has 0 aliphatic carbocycles. The van der Waals surface area contributed by atoms with Crippen molar-refractivity contribution >= 4 is 5.91 Å². The second kappa shape index (κ2) is 5.95. The summed E-state index contributed by atoms with van der Waals surface area (Å²) in [7, 11) is 0. The van der Waals surface area contributed by atoms with Crippen molar-refractivity contribution in [1.29, 1.82) is 0 Å². The Hall–Kier alpha value is -1.03. The maximum Gasteiger partial charge on any atom is 0.224 e. The van der Waals surface area contributed by atoms with E-state index < -0.39 is 0 Å². The summed E-state index contributed by atoms with van der Waals surface area (Å²) < 4.78 is 0. The molecule has 0 radical (unpaired) electrons. The van der Waals surface area contributed by atoms with Gasteiger partial charge in [0.15, 0.2) is 0 Å². The number of aliphatic hydroxyl groups is 1. The van der Waals surface area contributed by atoms with E-state index in [-0.39, 0.29) is 17.6 Å². The first kappa shape index (κ1) is 14.4. The van der Waals surface area contributed by atoms with Gasteiger partial charge in [0.25, 0.3) is 0 Å². The zero-order valence-electron chi connectivity index (χ0n) is 12.1. The molecule has 1 N–H and O–H groups in total. The predicted octanol–water partition coefficient (Wildman–Crippen LogP) is 2.17. The number of likely N-dealkylation sites (tertiary alicyclic amines) is 2. The summed E-state index contributed by atoms with van der Waals surface area (Å²) in [5, 5.41) is 9.41. The van der Waals surface area contributed by atoms with Crippen molar-refractivity contribution in [2.24, 2.45) is 5.92 Å². The highest BCUT2D eigenvalue weighted by atomic mass is 16.3. The monoisotopic (exact) mass is 266 g/mol. The van der Waals surface area contributed by atoms with E-state index in [4.69, 9.17) is 0 Å². The van der Waals surface area contributed by atoms with Gasteiger partial charge in [-0.25, -0.2) is 0 Å². The molecule has 0 aromatic rings. The van der Waals surface area contributed by atoms with E-state index in [1.54, 1.807) is 0 Å². The molecule has 2 atom stereocenters. The van der Waals surface area contributed by atoms with Crippen LogP contribution in [0, 0.1) is 5.92 Å². The minimum Gasteiger partial charge on any atom is -0.513 e. The molecule has 0 aromatic carbocycles.